The number of hydrogen-bond acceptors (Lipinski definition) is 4. The average Bonchev–Trinajstić information content (AvgIpc) is 3.06. The molecule has 3 aromatic carbocycles. The lowest BCUT2D eigenvalue weighted by atomic mass is 10.1. The molecule has 28 heavy (non-hydrogen) atoms. The van der Waals surface area contributed by atoms with Crippen LogP contribution in [0.2, 0.25) is 0 Å². The van der Waals surface area contributed by atoms with Crippen LogP contribution in [0, 0.1) is 0 Å². The number of ether oxygens (including phenoxy) is 1. The normalized spacial score (nSPS) is 13.8. The van der Waals surface area contributed by atoms with E-state index in [9.17, 15) is 14.4 Å². The molecule has 6 nitrogen and oxygen atoms in total. The van der Waals surface area contributed by atoms with Crippen LogP contribution in [-0.4, -0.2) is 24.8 Å². The second-order valence-electron chi connectivity index (χ2n) is 6.48. The molecule has 1 N–H and O–H groups in total. The highest BCUT2D eigenvalue weighted by Gasteiger charge is 2.30. The molecule has 1 heterocycles. The van der Waals surface area contributed by atoms with Gasteiger partial charge in [0, 0.05) is 34.9 Å². The highest BCUT2D eigenvalue weighted by molar-refractivity contribution is 6.20. The fourth-order valence-corrected chi connectivity index (χ4v) is 3.38. The van der Waals surface area contributed by atoms with Gasteiger partial charge in [-0.2, -0.15) is 0 Å². The number of carbonyl (C=O) groups is 3. The van der Waals surface area contributed by atoms with E-state index in [0.29, 0.717) is 16.9 Å². The van der Waals surface area contributed by atoms with E-state index >= 15 is 0 Å². The van der Waals surface area contributed by atoms with Crippen molar-refractivity contribution in [1.82, 2.24) is 0 Å². The summed E-state index contributed by atoms with van der Waals surface area (Å²) in [6, 6.07) is 17.7. The molecule has 1 aliphatic rings. The Kier molecular flexibility index (Phi) is 4.53. The van der Waals surface area contributed by atoms with E-state index < -0.39 is 0 Å². The van der Waals surface area contributed by atoms with Gasteiger partial charge in [0.15, 0.2) is 0 Å². The zero-order valence-electron chi connectivity index (χ0n) is 15.3. The van der Waals surface area contributed by atoms with Gasteiger partial charge in [0.05, 0.1) is 12.8 Å². The van der Waals surface area contributed by atoms with Crippen molar-refractivity contribution in [2.75, 3.05) is 17.3 Å². The Balaban J connectivity index is 1.59. The molecular weight excluding hydrogens is 356 g/mol. The van der Waals surface area contributed by atoms with E-state index in [0.717, 1.165) is 16.5 Å². The molecule has 0 saturated carbocycles. The molecule has 0 bridgehead atoms. The molecular formula is C22H18N2O4. The van der Waals surface area contributed by atoms with Crippen LogP contribution in [0.15, 0.2) is 60.7 Å². The van der Waals surface area contributed by atoms with Crippen LogP contribution in [-0.2, 0) is 9.59 Å². The van der Waals surface area contributed by atoms with Crippen molar-refractivity contribution in [1.29, 1.82) is 0 Å². The number of nitrogens with one attached hydrogen (secondary N) is 1. The first-order chi connectivity index (χ1) is 13.6. The molecule has 0 atom stereocenters. The van der Waals surface area contributed by atoms with Gasteiger partial charge >= 0.3 is 0 Å². The predicted octanol–water partition coefficient (Wildman–Crippen LogP) is 3.75. The van der Waals surface area contributed by atoms with Crippen LogP contribution in [0.25, 0.3) is 10.8 Å². The maximum absolute atomic E-state index is 12.7. The van der Waals surface area contributed by atoms with E-state index in [1.54, 1.807) is 37.4 Å². The molecule has 3 aromatic rings. The first kappa shape index (κ1) is 17.7. The van der Waals surface area contributed by atoms with Crippen molar-refractivity contribution in [3.05, 3.63) is 66.2 Å². The van der Waals surface area contributed by atoms with Gasteiger partial charge in [-0.25, -0.2) is 0 Å². The standard InChI is InChI=1S/C22H18N2O4/c1-28-19-11-10-18(16-4-2-3-5-17(16)19)23-22(27)14-6-8-15(9-7-14)24-20(25)12-13-21(24)26/h2-11H,12-13H2,1H3,(H,23,27). The lowest BCUT2D eigenvalue weighted by Crippen LogP contribution is -2.28. The van der Waals surface area contributed by atoms with Gasteiger partial charge < -0.3 is 10.1 Å². The fourth-order valence-electron chi connectivity index (χ4n) is 3.38. The first-order valence-electron chi connectivity index (χ1n) is 8.91. The lowest BCUT2D eigenvalue weighted by molar-refractivity contribution is -0.121. The molecule has 3 amide bonds. The Bertz CT molecular complexity index is 1070. The molecule has 1 aliphatic heterocycles. The number of hydrogen-bond donors (Lipinski definition) is 1. The smallest absolute Gasteiger partial charge is 0.255 e. The van der Waals surface area contributed by atoms with Crippen LogP contribution >= 0.6 is 0 Å². The Morgan fingerprint density at radius 3 is 2.18 bits per heavy atom. The second kappa shape index (κ2) is 7.15. The van der Waals surface area contributed by atoms with E-state index in [4.69, 9.17) is 4.74 Å². The Hall–Kier alpha value is -3.67. The summed E-state index contributed by atoms with van der Waals surface area (Å²) in [5.41, 5.74) is 1.59. The third kappa shape index (κ3) is 3.09. The topological polar surface area (TPSA) is 75.7 Å². The minimum absolute atomic E-state index is 0.216. The number of carbonyl (C=O) groups excluding carboxylic acids is 3. The van der Waals surface area contributed by atoms with E-state index in [-0.39, 0.29) is 30.6 Å². The Morgan fingerprint density at radius 1 is 0.893 bits per heavy atom. The van der Waals surface area contributed by atoms with Gasteiger partial charge in [-0.05, 0) is 36.4 Å². The summed E-state index contributed by atoms with van der Waals surface area (Å²) in [4.78, 5) is 37.5. The molecule has 0 aliphatic carbocycles. The van der Waals surface area contributed by atoms with Crippen molar-refractivity contribution in [2.24, 2.45) is 0 Å². The summed E-state index contributed by atoms with van der Waals surface area (Å²) >= 11 is 0. The fraction of sp³-hybridized carbons (Fsp3) is 0.136. The molecule has 0 aromatic heterocycles. The highest BCUT2D eigenvalue weighted by atomic mass is 16.5. The predicted molar refractivity (Wildman–Crippen MR) is 107 cm³/mol. The average molecular weight is 374 g/mol. The summed E-state index contributed by atoms with van der Waals surface area (Å²) in [5, 5.41) is 4.70. The molecule has 0 radical (unpaired) electrons. The van der Waals surface area contributed by atoms with Gasteiger partial charge in [0.1, 0.15) is 5.75 Å². The third-order valence-electron chi connectivity index (χ3n) is 4.79. The van der Waals surface area contributed by atoms with E-state index in [1.165, 1.54) is 4.90 Å². The Labute approximate surface area is 161 Å². The molecule has 1 fully saturated rings. The zero-order chi connectivity index (χ0) is 19.7. The van der Waals surface area contributed by atoms with Crippen molar-refractivity contribution in [3.63, 3.8) is 0 Å². The number of imide groups is 1. The van der Waals surface area contributed by atoms with Crippen LogP contribution < -0.4 is 15.0 Å². The number of rotatable bonds is 4. The summed E-state index contributed by atoms with van der Waals surface area (Å²) < 4.78 is 5.38. The molecule has 4 rings (SSSR count). The second-order valence-corrected chi connectivity index (χ2v) is 6.48. The third-order valence-corrected chi connectivity index (χ3v) is 4.79. The number of fused-ring (bicyclic) bond motifs is 1. The van der Waals surface area contributed by atoms with E-state index in [2.05, 4.69) is 5.32 Å². The summed E-state index contributed by atoms with van der Waals surface area (Å²) in [7, 11) is 1.61. The first-order valence-corrected chi connectivity index (χ1v) is 8.91. The van der Waals surface area contributed by atoms with Crippen LogP contribution in [0.4, 0.5) is 11.4 Å². The molecule has 140 valence electrons. The molecule has 0 spiro atoms. The number of benzene rings is 3. The van der Waals surface area contributed by atoms with Crippen molar-refractivity contribution in [2.45, 2.75) is 12.8 Å². The maximum atomic E-state index is 12.7. The Morgan fingerprint density at radius 2 is 1.54 bits per heavy atom. The van der Waals surface area contributed by atoms with Crippen molar-refractivity contribution in [3.8, 4) is 5.75 Å². The molecule has 6 heteroatoms. The monoisotopic (exact) mass is 374 g/mol. The number of nitrogens with zero attached hydrogens (tertiary/aromatic N) is 1. The van der Waals surface area contributed by atoms with Crippen LogP contribution in [0.5, 0.6) is 5.75 Å². The van der Waals surface area contributed by atoms with Gasteiger partial charge in [-0.1, -0.05) is 24.3 Å². The van der Waals surface area contributed by atoms with Gasteiger partial charge in [-0.15, -0.1) is 0 Å². The zero-order valence-corrected chi connectivity index (χ0v) is 15.3. The van der Waals surface area contributed by atoms with E-state index in [1.807, 2.05) is 30.3 Å². The number of methoxy groups -OCH3 is 1. The van der Waals surface area contributed by atoms with Crippen molar-refractivity contribution >= 4 is 39.9 Å². The van der Waals surface area contributed by atoms with Crippen LogP contribution in [0.3, 0.4) is 0 Å². The summed E-state index contributed by atoms with van der Waals surface area (Å²) in [6.07, 6.45) is 0.456. The number of anilines is 2. The van der Waals surface area contributed by atoms with Gasteiger partial charge in [0.25, 0.3) is 5.91 Å². The largest absolute Gasteiger partial charge is 0.496 e. The minimum Gasteiger partial charge on any atom is -0.496 e. The molecule has 1 saturated heterocycles. The van der Waals surface area contributed by atoms with Gasteiger partial charge in [-0.3, -0.25) is 19.3 Å². The van der Waals surface area contributed by atoms with Gasteiger partial charge in [0.2, 0.25) is 11.8 Å². The molecule has 0 unspecified atom stereocenters. The SMILES string of the molecule is COc1ccc(NC(=O)c2ccc(N3C(=O)CCC3=O)cc2)c2ccccc12. The maximum Gasteiger partial charge on any atom is 0.255 e. The quantitative estimate of drug-likeness (QED) is 0.706. The summed E-state index contributed by atoms with van der Waals surface area (Å²) in [6.45, 7) is 0. The lowest BCUT2D eigenvalue weighted by Gasteiger charge is -2.14. The highest BCUT2D eigenvalue weighted by Crippen LogP contribution is 2.31. The summed E-state index contributed by atoms with van der Waals surface area (Å²) in [5.74, 6) is 0.0256. The number of amides is 3. The minimum atomic E-state index is -0.277. The van der Waals surface area contributed by atoms with Crippen molar-refractivity contribution < 1.29 is 19.1 Å². The van der Waals surface area contributed by atoms with Crippen LogP contribution in [0.1, 0.15) is 23.2 Å².